The van der Waals surface area contributed by atoms with Crippen molar-refractivity contribution in [3.05, 3.63) is 24.3 Å². The molecular weight excluding hydrogens is 316 g/mol. The Balaban J connectivity index is 2.04. The molecule has 2 aromatic rings. The quantitative estimate of drug-likeness (QED) is 0.826. The summed E-state index contributed by atoms with van der Waals surface area (Å²) in [5, 5.41) is 3.05. The molecule has 0 radical (unpaired) electrons. The van der Waals surface area contributed by atoms with Gasteiger partial charge in [0.2, 0.25) is 0 Å². The van der Waals surface area contributed by atoms with Crippen LogP contribution in [0.3, 0.4) is 0 Å². The second-order valence-corrected chi connectivity index (χ2v) is 7.13. The molecule has 0 unspecified atom stereocenters. The van der Waals surface area contributed by atoms with Crippen LogP contribution in [0.25, 0.3) is 10.8 Å². The molecule has 2 heterocycles. The molecule has 2 aliphatic heterocycles. The van der Waals surface area contributed by atoms with Crippen LogP contribution in [-0.2, 0) is 9.59 Å². The maximum absolute atomic E-state index is 11.6. The maximum Gasteiger partial charge on any atom is 0.184 e. The number of nitrogens with zero attached hydrogens (tertiary/aromatic N) is 2. The highest BCUT2D eigenvalue weighted by atomic mass is 32.2. The van der Waals surface area contributed by atoms with Crippen LogP contribution in [0.15, 0.2) is 44.0 Å². The van der Waals surface area contributed by atoms with Crippen molar-refractivity contribution in [2.45, 2.75) is 23.6 Å². The SMILES string of the molecule is CC(=O)C1=Nc2ccc3c4c(ccc(c24)S1)N=C(C(C)=O)S3. The Morgan fingerprint density at radius 3 is 1.55 bits per heavy atom. The highest BCUT2D eigenvalue weighted by Crippen LogP contribution is 2.49. The third kappa shape index (κ3) is 1.94. The van der Waals surface area contributed by atoms with Gasteiger partial charge in [0, 0.05) is 34.4 Å². The zero-order valence-electron chi connectivity index (χ0n) is 11.8. The van der Waals surface area contributed by atoms with Crippen molar-refractivity contribution in [1.82, 2.24) is 0 Å². The molecule has 4 nitrogen and oxygen atoms in total. The van der Waals surface area contributed by atoms with E-state index in [4.69, 9.17) is 0 Å². The fourth-order valence-electron chi connectivity index (χ4n) is 2.53. The predicted molar refractivity (Wildman–Crippen MR) is 91.2 cm³/mol. The van der Waals surface area contributed by atoms with Gasteiger partial charge in [0.25, 0.3) is 0 Å². The second-order valence-electron chi connectivity index (χ2n) is 5.07. The molecule has 4 rings (SSSR count). The first-order valence-corrected chi connectivity index (χ1v) is 8.32. The number of carbonyl (C=O) groups excluding carboxylic acids is 2. The first-order chi connectivity index (χ1) is 10.5. The summed E-state index contributed by atoms with van der Waals surface area (Å²) in [4.78, 5) is 34.2. The Morgan fingerprint density at radius 2 is 1.18 bits per heavy atom. The van der Waals surface area contributed by atoms with Gasteiger partial charge in [-0.15, -0.1) is 0 Å². The Labute approximate surface area is 135 Å². The third-order valence-electron chi connectivity index (χ3n) is 3.50. The predicted octanol–water partition coefficient (Wildman–Crippen LogP) is 4.29. The van der Waals surface area contributed by atoms with Crippen molar-refractivity contribution in [3.8, 4) is 0 Å². The van der Waals surface area contributed by atoms with E-state index in [0.29, 0.717) is 10.1 Å². The number of Topliss-reactive ketones (excluding diaryl/α,β-unsaturated/α-hetero) is 2. The van der Waals surface area contributed by atoms with Crippen LogP contribution in [-0.4, -0.2) is 21.7 Å². The van der Waals surface area contributed by atoms with Crippen LogP contribution in [0.4, 0.5) is 11.4 Å². The van der Waals surface area contributed by atoms with Gasteiger partial charge in [-0.2, -0.15) is 0 Å². The van der Waals surface area contributed by atoms with E-state index in [0.717, 1.165) is 31.9 Å². The molecule has 2 aromatic carbocycles. The first-order valence-electron chi connectivity index (χ1n) is 6.69. The number of carbonyl (C=O) groups is 2. The summed E-state index contributed by atoms with van der Waals surface area (Å²) in [6, 6.07) is 7.71. The molecule has 22 heavy (non-hydrogen) atoms. The fraction of sp³-hybridized carbons (Fsp3) is 0.125. The average molecular weight is 326 g/mol. The minimum atomic E-state index is -0.0321. The van der Waals surface area contributed by atoms with Crippen LogP contribution < -0.4 is 0 Å². The number of ketones is 2. The lowest BCUT2D eigenvalue weighted by Crippen LogP contribution is -2.09. The standard InChI is InChI=1S/C16H10N2O2S2/c1-7(19)15-17-9-3-6-12-14-10(18-16(22-12)8(2)20)4-5-11(21-15)13(9)14/h3-6H,1-2H3. The van der Waals surface area contributed by atoms with Crippen LogP contribution in [0.1, 0.15) is 13.8 Å². The molecule has 108 valence electrons. The van der Waals surface area contributed by atoms with Gasteiger partial charge in [-0.1, -0.05) is 23.5 Å². The molecule has 0 bridgehead atoms. The number of thioether (sulfide) groups is 2. The van der Waals surface area contributed by atoms with Gasteiger partial charge in [0.1, 0.15) is 10.1 Å². The maximum atomic E-state index is 11.6. The summed E-state index contributed by atoms with van der Waals surface area (Å²) in [5.74, 6) is -0.0642. The molecular formula is C16H10N2O2S2. The Bertz CT molecular complexity index is 868. The summed E-state index contributed by atoms with van der Waals surface area (Å²) < 4.78 is 0. The molecule has 6 heteroatoms. The second kappa shape index (κ2) is 4.79. The summed E-state index contributed by atoms with van der Waals surface area (Å²) in [7, 11) is 0. The van der Waals surface area contributed by atoms with Crippen molar-refractivity contribution in [2.75, 3.05) is 0 Å². The fourth-order valence-corrected chi connectivity index (χ4v) is 4.41. The van der Waals surface area contributed by atoms with Crippen molar-refractivity contribution in [3.63, 3.8) is 0 Å². The molecule has 0 aliphatic carbocycles. The monoisotopic (exact) mass is 326 g/mol. The van der Waals surface area contributed by atoms with E-state index in [-0.39, 0.29) is 11.6 Å². The molecule has 0 N–H and O–H groups in total. The van der Waals surface area contributed by atoms with Crippen molar-refractivity contribution in [1.29, 1.82) is 0 Å². The van der Waals surface area contributed by atoms with Crippen molar-refractivity contribution in [2.24, 2.45) is 9.98 Å². The van der Waals surface area contributed by atoms with Gasteiger partial charge < -0.3 is 0 Å². The lowest BCUT2D eigenvalue weighted by molar-refractivity contribution is -0.111. The van der Waals surface area contributed by atoms with E-state index in [1.807, 2.05) is 24.3 Å². The zero-order valence-corrected chi connectivity index (χ0v) is 13.5. The smallest absolute Gasteiger partial charge is 0.184 e. The van der Waals surface area contributed by atoms with Gasteiger partial charge in [0.05, 0.1) is 11.4 Å². The van der Waals surface area contributed by atoms with Gasteiger partial charge in [0.15, 0.2) is 11.6 Å². The van der Waals surface area contributed by atoms with Crippen molar-refractivity contribution >= 4 is 67.3 Å². The Morgan fingerprint density at radius 1 is 0.773 bits per heavy atom. The largest absolute Gasteiger partial charge is 0.292 e. The van der Waals surface area contributed by atoms with E-state index in [1.165, 1.54) is 37.4 Å². The summed E-state index contributed by atoms with van der Waals surface area (Å²) in [6.07, 6.45) is 0. The number of hydrogen-bond acceptors (Lipinski definition) is 6. The lowest BCUT2D eigenvalue weighted by atomic mass is 10.1. The minimum Gasteiger partial charge on any atom is -0.292 e. The molecule has 0 fully saturated rings. The highest BCUT2D eigenvalue weighted by Gasteiger charge is 2.25. The Hall–Kier alpha value is -1.92. The van der Waals surface area contributed by atoms with Gasteiger partial charge in [-0.05, 0) is 24.3 Å². The Kier molecular flexibility index (Phi) is 2.99. The average Bonchev–Trinajstić information content (AvgIpc) is 2.51. The molecule has 0 spiro atoms. The van der Waals surface area contributed by atoms with E-state index < -0.39 is 0 Å². The topological polar surface area (TPSA) is 58.9 Å². The molecule has 0 aromatic heterocycles. The number of hydrogen-bond donors (Lipinski definition) is 0. The number of rotatable bonds is 2. The van der Waals surface area contributed by atoms with Gasteiger partial charge in [-0.3, -0.25) is 9.59 Å². The van der Waals surface area contributed by atoms with Gasteiger partial charge in [-0.25, -0.2) is 9.98 Å². The molecule has 0 saturated heterocycles. The minimum absolute atomic E-state index is 0.0321. The van der Waals surface area contributed by atoms with Crippen LogP contribution in [0.2, 0.25) is 0 Å². The normalized spacial score (nSPS) is 15.4. The van der Waals surface area contributed by atoms with Crippen LogP contribution in [0, 0.1) is 0 Å². The van der Waals surface area contributed by atoms with Gasteiger partial charge >= 0.3 is 0 Å². The molecule has 0 saturated carbocycles. The summed E-state index contributed by atoms with van der Waals surface area (Å²) >= 11 is 2.78. The van der Waals surface area contributed by atoms with E-state index in [2.05, 4.69) is 9.98 Å². The molecule has 0 amide bonds. The summed E-state index contributed by atoms with van der Waals surface area (Å²) in [6.45, 7) is 3.05. The summed E-state index contributed by atoms with van der Waals surface area (Å²) in [5.41, 5.74) is 1.59. The number of aliphatic imine (C=N–C) groups is 2. The van der Waals surface area contributed by atoms with E-state index in [9.17, 15) is 9.59 Å². The molecule has 2 aliphatic rings. The molecule has 0 atom stereocenters. The number of benzene rings is 2. The van der Waals surface area contributed by atoms with E-state index >= 15 is 0 Å². The first kappa shape index (κ1) is 13.7. The lowest BCUT2D eigenvalue weighted by Gasteiger charge is -2.21. The van der Waals surface area contributed by atoms with Crippen molar-refractivity contribution < 1.29 is 9.59 Å². The zero-order chi connectivity index (χ0) is 15.4. The van der Waals surface area contributed by atoms with Crippen LogP contribution in [0.5, 0.6) is 0 Å². The van der Waals surface area contributed by atoms with Crippen LogP contribution >= 0.6 is 23.5 Å². The van der Waals surface area contributed by atoms with E-state index in [1.54, 1.807) is 0 Å². The highest BCUT2D eigenvalue weighted by molar-refractivity contribution is 8.16. The third-order valence-corrected chi connectivity index (χ3v) is 5.76.